The van der Waals surface area contributed by atoms with Gasteiger partial charge < -0.3 is 10.6 Å². The van der Waals surface area contributed by atoms with Crippen molar-refractivity contribution in [3.05, 3.63) is 0 Å². The lowest BCUT2D eigenvalue weighted by Crippen LogP contribution is -2.51. The maximum Gasteiger partial charge on any atom is 0.285 e. The number of hydrogen-bond acceptors (Lipinski definition) is 5. The first-order chi connectivity index (χ1) is 16.3. The zero-order valence-corrected chi connectivity index (χ0v) is 23.5. The number of likely N-dealkylation sites (tertiary alicyclic amines) is 1. The van der Waals surface area contributed by atoms with Gasteiger partial charge in [0.1, 0.15) is 5.78 Å². The predicted molar refractivity (Wildman–Crippen MR) is 138 cm³/mol. The molecule has 1 heterocycles. The number of primary amides is 1. The molecule has 0 aromatic carbocycles. The Morgan fingerprint density at radius 3 is 2.03 bits per heavy atom. The van der Waals surface area contributed by atoms with Crippen molar-refractivity contribution in [3.8, 4) is 0 Å². The minimum absolute atomic E-state index is 0.0325. The van der Waals surface area contributed by atoms with Gasteiger partial charge in [0, 0.05) is 37.6 Å². The Labute approximate surface area is 216 Å². The summed E-state index contributed by atoms with van der Waals surface area (Å²) < 4.78 is 0. The van der Waals surface area contributed by atoms with E-state index in [-0.39, 0.29) is 53.0 Å². The summed E-state index contributed by atoms with van der Waals surface area (Å²) in [6.45, 7) is 16.7. The summed E-state index contributed by atoms with van der Waals surface area (Å²) in [7, 11) is 0. The average molecular weight is 503 g/mol. The molecular weight excluding hydrogens is 456 g/mol. The van der Waals surface area contributed by atoms with Crippen molar-refractivity contribution in [1.82, 2.24) is 4.90 Å². The van der Waals surface area contributed by atoms with Crippen LogP contribution in [0.3, 0.4) is 0 Å². The van der Waals surface area contributed by atoms with Gasteiger partial charge in [-0.3, -0.25) is 24.0 Å². The molecular formula is C29H46N2O5. The molecule has 1 saturated heterocycles. The van der Waals surface area contributed by atoms with Gasteiger partial charge in [0.2, 0.25) is 11.7 Å². The Kier molecular flexibility index (Phi) is 7.67. The third-order valence-electron chi connectivity index (χ3n) is 8.70. The van der Waals surface area contributed by atoms with Crippen LogP contribution in [-0.4, -0.2) is 46.7 Å². The fourth-order valence-corrected chi connectivity index (χ4v) is 6.34. The molecule has 36 heavy (non-hydrogen) atoms. The van der Waals surface area contributed by atoms with E-state index in [2.05, 4.69) is 13.8 Å². The lowest BCUT2D eigenvalue weighted by atomic mass is 9.75. The Balaban J connectivity index is 1.83. The van der Waals surface area contributed by atoms with E-state index < -0.39 is 35.0 Å². The highest BCUT2D eigenvalue weighted by molar-refractivity contribution is 6.36. The highest BCUT2D eigenvalue weighted by Gasteiger charge is 2.69. The first-order valence-electron chi connectivity index (χ1n) is 13.5. The fourth-order valence-electron chi connectivity index (χ4n) is 6.34. The molecule has 3 fully saturated rings. The molecule has 5 atom stereocenters. The molecule has 2 amide bonds. The molecule has 7 nitrogen and oxygen atoms in total. The molecule has 0 spiro atoms. The van der Waals surface area contributed by atoms with Gasteiger partial charge in [-0.05, 0) is 40.4 Å². The van der Waals surface area contributed by atoms with E-state index in [1.54, 1.807) is 4.90 Å². The van der Waals surface area contributed by atoms with Crippen molar-refractivity contribution in [2.75, 3.05) is 6.54 Å². The summed E-state index contributed by atoms with van der Waals surface area (Å²) in [5, 5.41) is 0. The van der Waals surface area contributed by atoms with Crippen LogP contribution in [0.5, 0.6) is 0 Å². The van der Waals surface area contributed by atoms with Crippen molar-refractivity contribution in [2.24, 2.45) is 51.6 Å². The number of ketones is 3. The van der Waals surface area contributed by atoms with E-state index in [0.717, 1.165) is 12.8 Å². The summed E-state index contributed by atoms with van der Waals surface area (Å²) in [6.07, 6.45) is 2.98. The molecule has 7 heteroatoms. The second-order valence-electron chi connectivity index (χ2n) is 14.6. The molecule has 0 radical (unpaired) electrons. The van der Waals surface area contributed by atoms with Crippen molar-refractivity contribution >= 4 is 29.2 Å². The SMILES string of the molecule is CC(C)(C)CC(=O)C[C@H](C(=O)N1C[C@H]2[C@@H]([C@H]1C(=O)C[C@H](CC1CC1)C(=O)C(N)=O)C2(C)C)C(C)(C)C. The van der Waals surface area contributed by atoms with Gasteiger partial charge in [-0.25, -0.2) is 0 Å². The molecule has 3 aliphatic rings. The van der Waals surface area contributed by atoms with E-state index >= 15 is 0 Å². The normalized spacial score (nSPS) is 26.7. The molecule has 0 aromatic rings. The molecule has 0 aromatic heterocycles. The largest absolute Gasteiger partial charge is 0.363 e. The number of piperidine rings is 1. The lowest BCUT2D eigenvalue weighted by Gasteiger charge is -2.37. The number of amides is 2. The zero-order valence-electron chi connectivity index (χ0n) is 23.5. The molecule has 2 aliphatic carbocycles. The van der Waals surface area contributed by atoms with Gasteiger partial charge in [-0.1, -0.05) is 68.2 Å². The number of hydrogen-bond donors (Lipinski definition) is 1. The molecule has 0 unspecified atom stereocenters. The standard InChI is InChI=1S/C29H46N2O5/c1-27(2,3)14-18(32)13-19(28(4,5)6)26(36)31-15-20-22(29(20,7)8)23(31)21(33)12-17(11-16-9-10-16)24(34)25(30)35/h16-17,19-20,22-23H,9-15H2,1-8H3,(H2,30,35)/t17-,19+,20-,22-,23+/m0/s1. The number of nitrogens with two attached hydrogens (primary N) is 1. The Morgan fingerprint density at radius 1 is 0.972 bits per heavy atom. The summed E-state index contributed by atoms with van der Waals surface area (Å²) in [5.41, 5.74) is 4.63. The van der Waals surface area contributed by atoms with Gasteiger partial charge in [-0.15, -0.1) is 0 Å². The van der Waals surface area contributed by atoms with Gasteiger partial charge in [0.25, 0.3) is 5.91 Å². The van der Waals surface area contributed by atoms with Gasteiger partial charge >= 0.3 is 0 Å². The Morgan fingerprint density at radius 2 is 1.56 bits per heavy atom. The zero-order chi connectivity index (χ0) is 27.4. The maximum atomic E-state index is 14.0. The van der Waals surface area contributed by atoms with Crippen molar-refractivity contribution < 1.29 is 24.0 Å². The summed E-state index contributed by atoms with van der Waals surface area (Å²) in [6, 6.07) is -0.623. The van der Waals surface area contributed by atoms with Crippen LogP contribution in [0, 0.1) is 45.8 Å². The highest BCUT2D eigenvalue weighted by atomic mass is 16.2. The number of carbonyl (C=O) groups is 5. The van der Waals surface area contributed by atoms with Crippen molar-refractivity contribution in [1.29, 1.82) is 0 Å². The maximum absolute atomic E-state index is 14.0. The third-order valence-corrected chi connectivity index (χ3v) is 8.70. The lowest BCUT2D eigenvalue weighted by molar-refractivity contribution is -0.148. The summed E-state index contributed by atoms with van der Waals surface area (Å²) >= 11 is 0. The quantitative estimate of drug-likeness (QED) is 0.430. The van der Waals surface area contributed by atoms with Crippen LogP contribution in [-0.2, 0) is 24.0 Å². The summed E-state index contributed by atoms with van der Waals surface area (Å²) in [5.74, 6) is -2.57. The molecule has 3 rings (SSSR count). The number of rotatable bonds is 11. The average Bonchev–Trinajstić information content (AvgIpc) is 3.55. The van der Waals surface area contributed by atoms with Crippen LogP contribution in [0.4, 0.5) is 0 Å². The van der Waals surface area contributed by atoms with Crippen LogP contribution in [0.15, 0.2) is 0 Å². The predicted octanol–water partition coefficient (Wildman–Crippen LogP) is 3.96. The minimum atomic E-state index is -0.998. The molecule has 2 saturated carbocycles. The highest BCUT2D eigenvalue weighted by Crippen LogP contribution is 2.65. The van der Waals surface area contributed by atoms with Crippen LogP contribution >= 0.6 is 0 Å². The molecule has 0 bridgehead atoms. The van der Waals surface area contributed by atoms with Crippen LogP contribution in [0.1, 0.15) is 93.9 Å². The fraction of sp³-hybridized carbons (Fsp3) is 0.828. The van der Waals surface area contributed by atoms with Crippen LogP contribution in [0.2, 0.25) is 0 Å². The van der Waals surface area contributed by atoms with E-state index in [4.69, 9.17) is 5.73 Å². The second kappa shape index (κ2) is 9.68. The van der Waals surface area contributed by atoms with Gasteiger partial charge in [0.15, 0.2) is 5.78 Å². The number of carbonyl (C=O) groups excluding carboxylic acids is 5. The van der Waals surface area contributed by atoms with Crippen LogP contribution < -0.4 is 5.73 Å². The third kappa shape index (κ3) is 6.25. The smallest absolute Gasteiger partial charge is 0.285 e. The second-order valence-corrected chi connectivity index (χ2v) is 14.6. The van der Waals surface area contributed by atoms with E-state index in [9.17, 15) is 24.0 Å². The Bertz CT molecular complexity index is 934. The summed E-state index contributed by atoms with van der Waals surface area (Å²) in [4.78, 5) is 66.5. The Hall–Kier alpha value is -2.05. The van der Waals surface area contributed by atoms with Crippen molar-refractivity contribution in [3.63, 3.8) is 0 Å². The van der Waals surface area contributed by atoms with E-state index in [1.165, 1.54) is 0 Å². The van der Waals surface area contributed by atoms with E-state index in [1.807, 2.05) is 41.5 Å². The number of nitrogens with zero attached hydrogens (tertiary/aromatic N) is 1. The van der Waals surface area contributed by atoms with Crippen LogP contribution in [0.25, 0.3) is 0 Å². The van der Waals surface area contributed by atoms with Gasteiger partial charge in [-0.2, -0.15) is 0 Å². The monoisotopic (exact) mass is 502 g/mol. The first-order valence-corrected chi connectivity index (χ1v) is 13.5. The molecule has 2 N–H and O–H groups in total. The van der Waals surface area contributed by atoms with E-state index in [0.29, 0.717) is 25.3 Å². The minimum Gasteiger partial charge on any atom is -0.363 e. The van der Waals surface area contributed by atoms with Crippen molar-refractivity contribution in [2.45, 2.75) is 100.0 Å². The number of Topliss-reactive ketones (excluding diaryl/α,β-unsaturated/α-hetero) is 3. The number of fused-ring (bicyclic) bond motifs is 1. The van der Waals surface area contributed by atoms with Gasteiger partial charge in [0.05, 0.1) is 6.04 Å². The molecule has 1 aliphatic heterocycles. The molecule has 202 valence electrons. The first kappa shape index (κ1) is 28.5. The topological polar surface area (TPSA) is 115 Å².